The monoisotopic (exact) mass is 1750 g/mol. The second-order valence-electron chi connectivity index (χ2n) is 28.6. The number of rotatable bonds is 45. The number of carboxylic acids is 5. The number of hydrogen-bond acceptors (Lipinski definition) is 35. The first-order valence-electron chi connectivity index (χ1n) is 38.4. The molecule has 17 atom stereocenters. The molecular weight excluding hydrogens is 1620 g/mol. The van der Waals surface area contributed by atoms with E-state index >= 15 is 0 Å². The van der Waals surface area contributed by atoms with Crippen molar-refractivity contribution in [3.05, 3.63) is 35.9 Å². The van der Waals surface area contributed by atoms with Crippen LogP contribution in [0.25, 0.3) is 0 Å². The van der Waals surface area contributed by atoms with Gasteiger partial charge in [-0.25, -0.2) is 24.0 Å². The number of ether oxygens (including phenoxy) is 3. The number of carboxylic acid groups (broad SMARTS) is 5. The maximum atomic E-state index is 11.8. The zero-order chi connectivity index (χ0) is 97.1. The molecule has 41 heteroatoms. The summed E-state index contributed by atoms with van der Waals surface area (Å²) in [6.07, 6.45) is -11.2. The van der Waals surface area contributed by atoms with Gasteiger partial charge in [0.05, 0.1) is 24.9 Å². The molecule has 122 heavy (non-hydrogen) atoms. The number of benzene rings is 1. The Labute approximate surface area is 707 Å². The fraction of sp³-hybridized carbons (Fsp3) is 0.642. The fourth-order valence-electron chi connectivity index (χ4n) is 7.97. The van der Waals surface area contributed by atoms with Crippen LogP contribution in [0, 0.1) is 29.6 Å². The summed E-state index contributed by atoms with van der Waals surface area (Å²) in [5, 5.41) is 100. The van der Waals surface area contributed by atoms with Crippen molar-refractivity contribution in [3.8, 4) is 0 Å². The lowest BCUT2D eigenvalue weighted by molar-refractivity contribution is -0.169. The van der Waals surface area contributed by atoms with Crippen LogP contribution in [0.4, 0.5) is 0 Å². The minimum atomic E-state index is -1.84. The summed E-state index contributed by atoms with van der Waals surface area (Å²) < 4.78 is 14.0. The van der Waals surface area contributed by atoms with Crippen LogP contribution in [0.5, 0.6) is 0 Å². The second-order valence-corrected chi connectivity index (χ2v) is 28.6. The average molecular weight is 1750 g/mol. The van der Waals surface area contributed by atoms with Crippen molar-refractivity contribution in [1.29, 1.82) is 0 Å². The van der Waals surface area contributed by atoms with E-state index in [1.54, 1.807) is 71.9 Å². The van der Waals surface area contributed by atoms with Crippen molar-refractivity contribution < 1.29 is 181 Å². The highest BCUT2D eigenvalue weighted by Crippen LogP contribution is 2.20. The Bertz CT molecular complexity index is 3520. The molecule has 1 aliphatic heterocycles. The molecule has 41 nitrogen and oxygen atoms in total. The van der Waals surface area contributed by atoms with Gasteiger partial charge in [0.2, 0.25) is 5.91 Å². The quantitative estimate of drug-likeness (QED) is 0.0322. The third-order valence-electron chi connectivity index (χ3n) is 16.7. The zero-order valence-corrected chi connectivity index (χ0v) is 72.7. The molecule has 1 saturated heterocycles. The van der Waals surface area contributed by atoms with Crippen LogP contribution in [-0.2, 0) is 124 Å². The Morgan fingerprint density at radius 3 is 1.20 bits per heavy atom. The molecule has 0 unspecified atom stereocenters. The number of carbonyl (C=O) groups is 23. The minimum absolute atomic E-state index is 0.0142. The highest BCUT2D eigenvalue weighted by atomic mass is 16.6. The van der Waals surface area contributed by atoms with E-state index in [0.717, 1.165) is 33.2 Å². The van der Waals surface area contributed by atoms with E-state index in [9.17, 15) is 110 Å². The minimum Gasteiger partial charge on any atom is -0.481 e. The largest absolute Gasteiger partial charge is 0.481 e. The number of nitrogens with one attached hydrogen (secondary N) is 2. The van der Waals surface area contributed by atoms with E-state index in [-0.39, 0.29) is 138 Å². The molecule has 0 bridgehead atoms. The Kier molecular flexibility index (Phi) is 70.5. The Hall–Kier alpha value is -10.5. The molecule has 1 fully saturated rings. The van der Waals surface area contributed by atoms with E-state index in [1.807, 2.05) is 6.92 Å². The number of hydrogen-bond donors (Lipinski definition) is 15. The Balaban J connectivity index is -0.000000247. The third-order valence-corrected chi connectivity index (χ3v) is 16.7. The van der Waals surface area contributed by atoms with Crippen LogP contribution in [0.3, 0.4) is 0 Å². The number of aliphatic carboxylic acids is 5. The number of aliphatic hydroxyl groups excluding tert-OH is 6. The van der Waals surface area contributed by atoms with Gasteiger partial charge in [-0.2, -0.15) is 0 Å². The van der Waals surface area contributed by atoms with Gasteiger partial charge in [-0.3, -0.25) is 86.3 Å². The van der Waals surface area contributed by atoms with Crippen LogP contribution < -0.4 is 22.1 Å². The summed E-state index contributed by atoms with van der Waals surface area (Å²) in [5.41, 5.74) is 11.0. The van der Waals surface area contributed by atoms with Gasteiger partial charge in [-0.15, -0.1) is 0 Å². The number of Topliss-reactive ketones (excluding diaryl/α,β-unsaturated/α-hetero) is 14. The molecule has 0 saturated carbocycles. The highest BCUT2D eigenvalue weighted by Gasteiger charge is 2.31. The van der Waals surface area contributed by atoms with Gasteiger partial charge in [0.15, 0.2) is 59.8 Å². The number of amides is 1. The summed E-state index contributed by atoms with van der Waals surface area (Å²) in [6.45, 7) is 28.9. The normalized spacial score (nSPS) is 15.3. The number of ketones is 14. The number of nitrogens with two attached hydrogens (primary N) is 2. The zero-order valence-electron chi connectivity index (χ0n) is 72.7. The molecule has 1 aromatic rings. The number of carbonyl (C=O) groups excluding carboxylic acids is 18. The van der Waals surface area contributed by atoms with Gasteiger partial charge in [0.25, 0.3) is 0 Å². The summed E-state index contributed by atoms with van der Waals surface area (Å²) >= 11 is 0. The van der Waals surface area contributed by atoms with Gasteiger partial charge in [-0.05, 0) is 135 Å². The molecule has 1 aliphatic rings. The van der Waals surface area contributed by atoms with Crippen molar-refractivity contribution in [3.63, 3.8) is 0 Å². The first-order chi connectivity index (χ1) is 55.9. The smallest absolute Gasteiger partial charge is 0.344 e. The van der Waals surface area contributed by atoms with Crippen molar-refractivity contribution in [2.45, 2.75) is 295 Å². The van der Waals surface area contributed by atoms with Crippen molar-refractivity contribution >= 4 is 135 Å². The van der Waals surface area contributed by atoms with Gasteiger partial charge in [-0.1, -0.05) is 65.0 Å². The summed E-state index contributed by atoms with van der Waals surface area (Å²) in [6, 6.07) is 6.70. The predicted octanol–water partition coefficient (Wildman–Crippen LogP) is 1.20. The van der Waals surface area contributed by atoms with Crippen LogP contribution >= 0.6 is 0 Å². The van der Waals surface area contributed by atoms with Crippen molar-refractivity contribution in [1.82, 2.24) is 10.6 Å². The summed E-state index contributed by atoms with van der Waals surface area (Å²) in [5.74, 6) is -13.5. The molecule has 694 valence electrons. The maximum Gasteiger partial charge on any atom is 0.344 e. The number of esters is 3. The molecule has 0 aliphatic carbocycles. The predicted molar refractivity (Wildman–Crippen MR) is 430 cm³/mol. The Morgan fingerprint density at radius 2 is 0.852 bits per heavy atom. The molecule has 0 aromatic heterocycles. The first kappa shape index (κ1) is 125. The van der Waals surface area contributed by atoms with Crippen molar-refractivity contribution in [2.75, 3.05) is 13.1 Å². The fourth-order valence-corrected chi connectivity index (χ4v) is 7.97. The summed E-state index contributed by atoms with van der Waals surface area (Å²) in [4.78, 5) is 249. The number of aliphatic hydroxyl groups is 6. The molecule has 1 amide bonds. The SMILES string of the molecule is CC(=O)C[C@H](O)C(=O)O[C@@H](C)C(=O)O.CC(=O)[C@@H](O)CC(=O)O.CC(=O)[C@@H](OC(=O)C[C@H](O)C(=O)O)c1ccccc1.CC(=O)[C@H](C)CC(=O)CCN.CC(=O)[C@H](C)CC(=O)C[C@H](O)C(=O)O.CC(=O)[C@H](C)CC(=O)[C@@H]1CCCN1.CC(=O)[C@H](C)CC(=O)[C@H](C)N.CC(=O)[C@H](C)CC(=O)[C@H](C)O.CC(=O)[C@H](C)OC(=O)[C@H](CCC(=O)O)NC(=O)[C@H](C)O. The lowest BCUT2D eigenvalue weighted by atomic mass is 9.97. The van der Waals surface area contributed by atoms with E-state index in [1.165, 1.54) is 69.2 Å². The highest BCUT2D eigenvalue weighted by molar-refractivity contribution is 5.94. The maximum absolute atomic E-state index is 11.8. The second kappa shape index (κ2) is 69.0. The topological polar surface area (TPSA) is 719 Å². The molecule has 2 rings (SSSR count). The van der Waals surface area contributed by atoms with E-state index in [0.29, 0.717) is 31.4 Å². The average Bonchev–Trinajstić information content (AvgIpc) is 0.976. The molecule has 1 heterocycles. The standard InChI is InChI=1S/C13H14O6.C12H19NO7.C10H17NO2.C9H14O5.2C8H15NO2.C8H12O6.C8H14O3.C5H8O4/c1-8(14)12(9-5-3-2-4-6-9)19-11(16)7-10(15)13(17)18;1-6(14)8(3)20-12(19)9(4-5-10(16)17)13-11(18)7(2)15;1-7(8(2)12)6-10(13)9-4-3-5-11-9;1-5(6(2)10)3-7(11)4-8(12)9(13)14;1-5(7(3)10)4-8(11)6(2)9;1-6(7(2)10)5-8(11)3-4-9;1-4(9)3-6(10)8(13)14-5(2)7(11)12;1-5(6(2)9)4-8(11)7(3)10;1-3(6)4(7)2-5(8)9/h2-6,10,12,15H,7H2,1H3,(H,17,18);7-9,15H,4-5H2,1-3H3,(H,13,18)(H,16,17);7,9,11H,3-6H2,1-2H3;5,8,12H,3-4H2,1-2H3,(H,13,14);5-6H,4,9H2,1-3H3;6H,3-5,9H2,1-2H3;5-6,10H,3H2,1-2H3,(H,11,12);5,7,10H,4H2,1-3H3;4,7H,2H2,1H3,(H,8,9)/t10-,12+;7-,8-,9-;7-,9+;5-,8+;5-,6+;6-;5-,6-;5-,7+;4-/m001111010/s1. The lowest BCUT2D eigenvalue weighted by Gasteiger charge is -2.19. The Morgan fingerprint density at radius 1 is 0.426 bits per heavy atom. The van der Waals surface area contributed by atoms with Crippen LogP contribution in [-0.4, -0.2) is 271 Å². The van der Waals surface area contributed by atoms with Crippen LogP contribution in [0.2, 0.25) is 0 Å². The van der Waals surface area contributed by atoms with E-state index in [2.05, 4.69) is 15.4 Å². The van der Waals surface area contributed by atoms with Crippen LogP contribution in [0.15, 0.2) is 30.3 Å². The molecule has 17 N–H and O–H groups in total. The van der Waals surface area contributed by atoms with E-state index < -0.39 is 157 Å². The van der Waals surface area contributed by atoms with E-state index in [4.69, 9.17) is 77.1 Å². The summed E-state index contributed by atoms with van der Waals surface area (Å²) in [7, 11) is 0. The lowest BCUT2D eigenvalue weighted by Crippen LogP contribution is -2.46. The van der Waals surface area contributed by atoms with Gasteiger partial charge in [0.1, 0.15) is 82.2 Å². The molecule has 0 spiro atoms. The van der Waals surface area contributed by atoms with Gasteiger partial charge >= 0.3 is 47.8 Å². The third kappa shape index (κ3) is 69.2. The van der Waals surface area contributed by atoms with Crippen LogP contribution in [0.1, 0.15) is 233 Å². The van der Waals surface area contributed by atoms with Gasteiger partial charge < -0.3 is 92.5 Å². The molecular formula is C81H128N4O37. The van der Waals surface area contributed by atoms with Crippen molar-refractivity contribution in [2.24, 2.45) is 41.1 Å². The first-order valence-corrected chi connectivity index (χ1v) is 38.4. The van der Waals surface area contributed by atoms with Gasteiger partial charge in [0, 0.05) is 87.4 Å². The molecule has 0 radical (unpaired) electrons. The molecule has 1 aromatic carbocycles.